The minimum absolute atomic E-state index is 0.0000598. The number of hydrogen-bond acceptors (Lipinski definition) is 5. The van der Waals surface area contributed by atoms with Crippen molar-refractivity contribution in [1.82, 2.24) is 10.2 Å². The predicted octanol–water partition coefficient (Wildman–Crippen LogP) is 4.77. The molecular weight excluding hydrogens is 508 g/mol. The normalized spacial score (nSPS) is 12.6. The molecule has 9 nitrogen and oxygen atoms in total. The fourth-order valence-electron chi connectivity index (χ4n) is 4.44. The average Bonchev–Trinajstić information content (AvgIpc) is 2.83. The molecule has 216 valence electrons. The van der Waals surface area contributed by atoms with Gasteiger partial charge in [-0.05, 0) is 77.1 Å². The number of nitrogens with zero attached hydrogens (tertiary/aromatic N) is 1. The number of rotatable bonds is 11. The van der Waals surface area contributed by atoms with E-state index in [2.05, 4.69) is 17.2 Å². The lowest BCUT2D eigenvalue weighted by atomic mass is 9.95. The van der Waals surface area contributed by atoms with Crippen molar-refractivity contribution in [2.45, 2.75) is 79.0 Å². The summed E-state index contributed by atoms with van der Waals surface area (Å²) in [5, 5.41) is 5.60. The number of nitrogens with one attached hydrogen (secondary N) is 2. The van der Waals surface area contributed by atoms with Gasteiger partial charge in [-0.1, -0.05) is 48.0 Å². The lowest BCUT2D eigenvalue weighted by Crippen LogP contribution is -2.52. The van der Waals surface area contributed by atoms with Crippen molar-refractivity contribution in [1.29, 1.82) is 0 Å². The van der Waals surface area contributed by atoms with Gasteiger partial charge in [0, 0.05) is 18.7 Å². The van der Waals surface area contributed by atoms with Crippen LogP contribution in [0.25, 0.3) is 0 Å². The summed E-state index contributed by atoms with van der Waals surface area (Å²) in [4.78, 5) is 53.8. The van der Waals surface area contributed by atoms with Gasteiger partial charge in [0.05, 0.1) is 0 Å². The minimum Gasteiger partial charge on any atom is -0.444 e. The van der Waals surface area contributed by atoms with E-state index < -0.39 is 41.5 Å². The number of primary amides is 1. The topological polar surface area (TPSA) is 131 Å². The van der Waals surface area contributed by atoms with Crippen molar-refractivity contribution < 1.29 is 23.9 Å². The molecule has 0 spiro atoms. The van der Waals surface area contributed by atoms with Crippen molar-refractivity contribution in [3.05, 3.63) is 76.9 Å². The lowest BCUT2D eigenvalue weighted by molar-refractivity contribution is -0.140. The van der Waals surface area contributed by atoms with Gasteiger partial charge >= 0.3 is 6.09 Å². The number of ether oxygens (including phenoxy) is 1. The number of anilines is 1. The van der Waals surface area contributed by atoms with Crippen molar-refractivity contribution in [3.63, 3.8) is 0 Å². The van der Waals surface area contributed by atoms with E-state index in [0.717, 1.165) is 22.3 Å². The highest BCUT2D eigenvalue weighted by Crippen LogP contribution is 2.29. The Balaban J connectivity index is 2.60. The molecule has 0 heterocycles. The molecule has 0 aliphatic heterocycles. The van der Waals surface area contributed by atoms with Crippen LogP contribution in [0.1, 0.15) is 67.5 Å². The zero-order valence-electron chi connectivity index (χ0n) is 24.6. The van der Waals surface area contributed by atoms with Gasteiger partial charge in [0.2, 0.25) is 11.8 Å². The molecule has 0 saturated heterocycles. The second-order valence-corrected chi connectivity index (χ2v) is 11.0. The van der Waals surface area contributed by atoms with E-state index >= 15 is 0 Å². The number of nitrogens with two attached hydrogens (primary N) is 1. The standard InChI is InChI=1S/C31H42N4O5/c1-9-17-35(29(38)24(15-16-25(32)36)33-30(39)40-31(6,7)8)27(23-14-13-19(2)18-22(23)5)28(37)34-26-20(3)11-10-12-21(26)4/h9-14,18,24,27H,1,15-17H2,2-8H3,(H2,32,36)(H,33,39)(H,34,37). The van der Waals surface area contributed by atoms with Crippen LogP contribution in [0.2, 0.25) is 0 Å². The molecule has 2 aromatic rings. The summed E-state index contributed by atoms with van der Waals surface area (Å²) in [6.07, 6.45) is 0.465. The van der Waals surface area contributed by atoms with Gasteiger partial charge in [-0.25, -0.2) is 4.79 Å². The Morgan fingerprint density at radius 2 is 1.65 bits per heavy atom. The van der Waals surface area contributed by atoms with Crippen molar-refractivity contribution in [2.24, 2.45) is 5.73 Å². The third kappa shape index (κ3) is 8.97. The van der Waals surface area contributed by atoms with Gasteiger partial charge in [0.25, 0.3) is 5.91 Å². The van der Waals surface area contributed by atoms with E-state index in [-0.39, 0.29) is 19.4 Å². The highest BCUT2D eigenvalue weighted by atomic mass is 16.6. The van der Waals surface area contributed by atoms with Crippen LogP contribution in [0.5, 0.6) is 0 Å². The number of hydrogen-bond donors (Lipinski definition) is 3. The Kier molecular flexibility index (Phi) is 11.0. The average molecular weight is 551 g/mol. The van der Waals surface area contributed by atoms with Gasteiger partial charge in [-0.3, -0.25) is 14.4 Å². The second-order valence-electron chi connectivity index (χ2n) is 11.0. The van der Waals surface area contributed by atoms with Gasteiger partial charge in [0.1, 0.15) is 17.7 Å². The van der Waals surface area contributed by atoms with Gasteiger partial charge < -0.3 is 26.0 Å². The summed E-state index contributed by atoms with van der Waals surface area (Å²) in [5.74, 6) is -1.63. The second kappa shape index (κ2) is 13.8. The maximum atomic E-state index is 14.1. The van der Waals surface area contributed by atoms with Crippen molar-refractivity contribution in [2.75, 3.05) is 11.9 Å². The summed E-state index contributed by atoms with van der Waals surface area (Å²) < 4.78 is 5.36. The minimum atomic E-state index is -1.18. The first-order valence-electron chi connectivity index (χ1n) is 13.3. The first-order valence-corrected chi connectivity index (χ1v) is 13.3. The zero-order chi connectivity index (χ0) is 30.2. The third-order valence-corrected chi connectivity index (χ3v) is 6.29. The first kappa shape index (κ1) is 32.1. The summed E-state index contributed by atoms with van der Waals surface area (Å²) in [7, 11) is 0. The number of amides is 4. The number of alkyl carbamates (subject to hydrolysis) is 1. The molecule has 0 bridgehead atoms. The van der Waals surface area contributed by atoms with Crippen LogP contribution in [-0.4, -0.2) is 46.9 Å². The molecule has 0 aromatic heterocycles. The Morgan fingerprint density at radius 1 is 1.02 bits per heavy atom. The van der Waals surface area contributed by atoms with Crippen LogP contribution in [0.3, 0.4) is 0 Å². The van der Waals surface area contributed by atoms with E-state index in [1.807, 2.05) is 64.1 Å². The van der Waals surface area contributed by atoms with Crippen LogP contribution >= 0.6 is 0 Å². The maximum absolute atomic E-state index is 14.1. The fourth-order valence-corrected chi connectivity index (χ4v) is 4.44. The monoisotopic (exact) mass is 550 g/mol. The molecule has 2 rings (SSSR count). The van der Waals surface area contributed by atoms with Gasteiger partial charge in [-0.2, -0.15) is 0 Å². The molecule has 2 aromatic carbocycles. The largest absolute Gasteiger partial charge is 0.444 e. The van der Waals surface area contributed by atoms with Gasteiger partial charge in [-0.15, -0.1) is 6.58 Å². The Labute approximate surface area is 237 Å². The summed E-state index contributed by atoms with van der Waals surface area (Å²) >= 11 is 0. The molecule has 0 saturated carbocycles. The molecule has 0 aliphatic rings. The molecule has 9 heteroatoms. The molecular formula is C31H42N4O5. The third-order valence-electron chi connectivity index (χ3n) is 6.29. The Bertz CT molecular complexity index is 1240. The van der Waals surface area contributed by atoms with Gasteiger partial charge in [0.15, 0.2) is 0 Å². The predicted molar refractivity (Wildman–Crippen MR) is 157 cm³/mol. The van der Waals surface area contributed by atoms with Crippen LogP contribution in [-0.2, 0) is 19.1 Å². The molecule has 4 N–H and O–H groups in total. The lowest BCUT2D eigenvalue weighted by Gasteiger charge is -2.34. The highest BCUT2D eigenvalue weighted by Gasteiger charge is 2.37. The smallest absolute Gasteiger partial charge is 0.408 e. The van der Waals surface area contributed by atoms with E-state index in [9.17, 15) is 19.2 Å². The number of carbonyl (C=O) groups is 4. The summed E-state index contributed by atoms with van der Waals surface area (Å²) in [6.45, 7) is 16.5. The Hall–Kier alpha value is -4.14. The zero-order valence-corrected chi connectivity index (χ0v) is 24.6. The van der Waals surface area contributed by atoms with E-state index in [0.29, 0.717) is 11.3 Å². The van der Waals surface area contributed by atoms with E-state index in [1.54, 1.807) is 20.8 Å². The first-order chi connectivity index (χ1) is 18.6. The van der Waals surface area contributed by atoms with Crippen molar-refractivity contribution in [3.8, 4) is 0 Å². The van der Waals surface area contributed by atoms with E-state index in [4.69, 9.17) is 10.5 Å². The van der Waals surface area contributed by atoms with Crippen LogP contribution in [0.4, 0.5) is 10.5 Å². The molecule has 40 heavy (non-hydrogen) atoms. The molecule has 0 fully saturated rings. The molecule has 2 unspecified atom stereocenters. The number of carbonyl (C=O) groups excluding carboxylic acids is 4. The van der Waals surface area contributed by atoms with Crippen LogP contribution < -0.4 is 16.4 Å². The number of aryl methyl sites for hydroxylation is 4. The molecule has 0 radical (unpaired) electrons. The summed E-state index contributed by atoms with van der Waals surface area (Å²) in [5.41, 5.74) is 9.41. The molecule has 4 amide bonds. The van der Waals surface area contributed by atoms with Crippen LogP contribution in [0, 0.1) is 27.7 Å². The maximum Gasteiger partial charge on any atom is 0.408 e. The van der Waals surface area contributed by atoms with Crippen LogP contribution in [0.15, 0.2) is 49.1 Å². The van der Waals surface area contributed by atoms with Crippen molar-refractivity contribution >= 4 is 29.5 Å². The fraction of sp³-hybridized carbons (Fsp3) is 0.419. The highest BCUT2D eigenvalue weighted by molar-refractivity contribution is 6.00. The molecule has 2 atom stereocenters. The Morgan fingerprint density at radius 3 is 2.17 bits per heavy atom. The summed E-state index contributed by atoms with van der Waals surface area (Å²) in [6, 6.07) is 9.09. The number of para-hydroxylation sites is 1. The molecule has 0 aliphatic carbocycles. The SMILES string of the molecule is C=CCN(C(=O)C(CCC(N)=O)NC(=O)OC(C)(C)C)C(C(=O)Nc1c(C)cccc1C)c1ccc(C)cc1C. The number of benzene rings is 2. The quantitative estimate of drug-likeness (QED) is 0.347. The van der Waals surface area contributed by atoms with E-state index in [1.165, 1.54) is 11.0 Å².